The SMILES string of the molecule is CN(C(=O)c1ccc(NC(=O)c2csc(CN)n2)cc1)C1CCCCC1.Cl. The smallest absolute Gasteiger partial charge is 0.275 e. The van der Waals surface area contributed by atoms with Crippen LogP contribution in [0.15, 0.2) is 29.6 Å². The van der Waals surface area contributed by atoms with Gasteiger partial charge in [-0.15, -0.1) is 23.7 Å². The fourth-order valence-electron chi connectivity index (χ4n) is 3.24. The van der Waals surface area contributed by atoms with Crippen molar-refractivity contribution in [3.8, 4) is 0 Å². The van der Waals surface area contributed by atoms with E-state index in [9.17, 15) is 9.59 Å². The molecular formula is C19H25ClN4O2S. The number of benzene rings is 1. The van der Waals surface area contributed by atoms with Gasteiger partial charge in [-0.3, -0.25) is 9.59 Å². The van der Waals surface area contributed by atoms with Crippen molar-refractivity contribution in [1.82, 2.24) is 9.88 Å². The van der Waals surface area contributed by atoms with E-state index in [1.165, 1.54) is 30.6 Å². The van der Waals surface area contributed by atoms with Crippen LogP contribution in [0.4, 0.5) is 5.69 Å². The summed E-state index contributed by atoms with van der Waals surface area (Å²) in [6.07, 6.45) is 5.80. The molecule has 0 bridgehead atoms. The summed E-state index contributed by atoms with van der Waals surface area (Å²) < 4.78 is 0. The van der Waals surface area contributed by atoms with Crippen LogP contribution < -0.4 is 11.1 Å². The number of rotatable bonds is 5. The number of nitrogens with one attached hydrogen (secondary N) is 1. The molecule has 1 heterocycles. The van der Waals surface area contributed by atoms with Gasteiger partial charge in [0.15, 0.2) is 0 Å². The Balaban J connectivity index is 0.00000261. The van der Waals surface area contributed by atoms with Crippen molar-refractivity contribution in [1.29, 1.82) is 0 Å². The van der Waals surface area contributed by atoms with E-state index in [0.29, 0.717) is 29.5 Å². The predicted octanol–water partition coefficient (Wildman–Crippen LogP) is 3.68. The highest BCUT2D eigenvalue weighted by Gasteiger charge is 2.23. The van der Waals surface area contributed by atoms with E-state index in [2.05, 4.69) is 10.3 Å². The van der Waals surface area contributed by atoms with Crippen molar-refractivity contribution in [3.05, 3.63) is 45.9 Å². The summed E-state index contributed by atoms with van der Waals surface area (Å²) in [6, 6.07) is 7.33. The molecule has 2 amide bonds. The summed E-state index contributed by atoms with van der Waals surface area (Å²) in [5.74, 6) is -0.249. The van der Waals surface area contributed by atoms with E-state index in [-0.39, 0.29) is 24.2 Å². The monoisotopic (exact) mass is 408 g/mol. The number of halogens is 1. The van der Waals surface area contributed by atoms with Crippen LogP contribution in [0.25, 0.3) is 0 Å². The first kappa shape index (κ1) is 21.3. The van der Waals surface area contributed by atoms with Crippen LogP contribution >= 0.6 is 23.7 Å². The maximum atomic E-state index is 12.7. The Hall–Kier alpha value is -1.96. The first-order valence-corrected chi connectivity index (χ1v) is 9.79. The van der Waals surface area contributed by atoms with Crippen molar-refractivity contribution in [3.63, 3.8) is 0 Å². The number of thiazole rings is 1. The fraction of sp³-hybridized carbons (Fsp3) is 0.421. The van der Waals surface area contributed by atoms with Gasteiger partial charge in [-0.25, -0.2) is 4.98 Å². The third kappa shape index (κ3) is 5.28. The normalized spacial score (nSPS) is 14.3. The van der Waals surface area contributed by atoms with Crippen molar-refractivity contribution in [2.75, 3.05) is 12.4 Å². The lowest BCUT2D eigenvalue weighted by Crippen LogP contribution is -2.38. The van der Waals surface area contributed by atoms with Crippen molar-refractivity contribution >= 4 is 41.2 Å². The summed E-state index contributed by atoms with van der Waals surface area (Å²) in [5, 5.41) is 5.21. The summed E-state index contributed by atoms with van der Waals surface area (Å²) in [4.78, 5) is 30.9. The largest absolute Gasteiger partial charge is 0.339 e. The van der Waals surface area contributed by atoms with Gasteiger partial charge in [0.2, 0.25) is 0 Å². The highest BCUT2D eigenvalue weighted by molar-refractivity contribution is 7.09. The molecule has 1 aliphatic rings. The summed E-state index contributed by atoms with van der Waals surface area (Å²) >= 11 is 1.36. The van der Waals surface area contributed by atoms with Crippen molar-refractivity contribution in [2.24, 2.45) is 5.73 Å². The summed E-state index contributed by atoms with van der Waals surface area (Å²) in [6.45, 7) is 0.323. The number of amides is 2. The number of nitrogens with two attached hydrogens (primary N) is 1. The number of carbonyl (C=O) groups excluding carboxylic acids is 2. The molecule has 0 spiro atoms. The first-order chi connectivity index (χ1) is 12.6. The second-order valence-electron chi connectivity index (χ2n) is 6.57. The maximum absolute atomic E-state index is 12.7. The minimum absolute atomic E-state index is 0. The van der Waals surface area contributed by atoms with E-state index in [1.807, 2.05) is 11.9 Å². The Labute approximate surface area is 169 Å². The van der Waals surface area contributed by atoms with E-state index < -0.39 is 0 Å². The van der Waals surface area contributed by atoms with Crippen LogP contribution in [0, 0.1) is 0 Å². The molecule has 0 unspecified atom stereocenters. The predicted molar refractivity (Wildman–Crippen MR) is 111 cm³/mol. The van der Waals surface area contributed by atoms with Crippen LogP contribution in [0.5, 0.6) is 0 Å². The van der Waals surface area contributed by atoms with E-state index in [0.717, 1.165) is 17.8 Å². The molecule has 1 aromatic carbocycles. The topological polar surface area (TPSA) is 88.3 Å². The van der Waals surface area contributed by atoms with Crippen LogP contribution in [-0.2, 0) is 6.54 Å². The molecular weight excluding hydrogens is 384 g/mol. The standard InChI is InChI=1S/C19H24N4O2S.ClH/c1-23(15-5-3-2-4-6-15)19(25)13-7-9-14(10-8-13)21-18(24)16-12-26-17(11-20)22-16;/h7-10,12,15H,2-6,11,20H2,1H3,(H,21,24);1H. The minimum atomic E-state index is -0.278. The molecule has 1 aromatic heterocycles. The van der Waals surface area contributed by atoms with Crippen molar-refractivity contribution < 1.29 is 9.59 Å². The molecule has 8 heteroatoms. The van der Waals surface area contributed by atoms with E-state index in [4.69, 9.17) is 5.73 Å². The quantitative estimate of drug-likeness (QED) is 0.789. The van der Waals surface area contributed by atoms with Gasteiger partial charge in [0, 0.05) is 36.3 Å². The molecule has 0 aliphatic heterocycles. The minimum Gasteiger partial charge on any atom is -0.339 e. The lowest BCUT2D eigenvalue weighted by Gasteiger charge is -2.31. The molecule has 3 N–H and O–H groups in total. The zero-order chi connectivity index (χ0) is 18.5. The lowest BCUT2D eigenvalue weighted by atomic mass is 9.94. The molecule has 1 saturated carbocycles. The molecule has 0 saturated heterocycles. The molecule has 27 heavy (non-hydrogen) atoms. The number of aromatic nitrogens is 1. The molecule has 1 aliphatic carbocycles. The highest BCUT2D eigenvalue weighted by Crippen LogP contribution is 2.23. The molecule has 0 radical (unpaired) electrons. The average molecular weight is 409 g/mol. The Morgan fingerprint density at radius 2 is 1.89 bits per heavy atom. The lowest BCUT2D eigenvalue weighted by molar-refractivity contribution is 0.0696. The number of hydrogen-bond acceptors (Lipinski definition) is 5. The van der Waals surface area contributed by atoms with Gasteiger partial charge in [-0.1, -0.05) is 19.3 Å². The van der Waals surface area contributed by atoms with Gasteiger partial charge in [0.05, 0.1) is 0 Å². The average Bonchev–Trinajstić information content (AvgIpc) is 3.17. The Morgan fingerprint density at radius 3 is 2.48 bits per heavy atom. The molecule has 3 rings (SSSR count). The Kier molecular flexibility index (Phi) is 7.77. The molecule has 1 fully saturated rings. The second kappa shape index (κ2) is 9.82. The second-order valence-corrected chi connectivity index (χ2v) is 7.51. The van der Waals surface area contributed by atoms with Gasteiger partial charge in [0.25, 0.3) is 11.8 Å². The van der Waals surface area contributed by atoms with Crippen LogP contribution in [0.1, 0.15) is 58.0 Å². The van der Waals surface area contributed by atoms with Gasteiger partial charge >= 0.3 is 0 Å². The van der Waals surface area contributed by atoms with Gasteiger partial charge < -0.3 is 16.0 Å². The van der Waals surface area contributed by atoms with Gasteiger partial charge in [0.1, 0.15) is 10.7 Å². The molecule has 146 valence electrons. The number of nitrogens with zero attached hydrogens (tertiary/aromatic N) is 2. The number of hydrogen-bond donors (Lipinski definition) is 2. The summed E-state index contributed by atoms with van der Waals surface area (Å²) in [7, 11) is 1.88. The summed E-state index contributed by atoms with van der Waals surface area (Å²) in [5.41, 5.74) is 7.14. The van der Waals surface area contributed by atoms with Crippen molar-refractivity contribution in [2.45, 2.75) is 44.7 Å². The first-order valence-electron chi connectivity index (χ1n) is 8.91. The third-order valence-electron chi connectivity index (χ3n) is 4.79. The Bertz CT molecular complexity index is 772. The van der Waals surface area contributed by atoms with E-state index in [1.54, 1.807) is 29.6 Å². The zero-order valence-corrected chi connectivity index (χ0v) is 16.9. The van der Waals surface area contributed by atoms with E-state index >= 15 is 0 Å². The highest BCUT2D eigenvalue weighted by atomic mass is 35.5. The number of carbonyl (C=O) groups is 2. The van der Waals surface area contributed by atoms with Gasteiger partial charge in [-0.05, 0) is 37.1 Å². The third-order valence-corrected chi connectivity index (χ3v) is 5.66. The van der Waals surface area contributed by atoms with Crippen LogP contribution in [0.2, 0.25) is 0 Å². The maximum Gasteiger partial charge on any atom is 0.275 e. The molecule has 6 nitrogen and oxygen atoms in total. The zero-order valence-electron chi connectivity index (χ0n) is 15.3. The van der Waals surface area contributed by atoms with Crippen LogP contribution in [-0.4, -0.2) is 34.8 Å². The molecule has 0 atom stereocenters. The molecule has 2 aromatic rings. The van der Waals surface area contributed by atoms with Crippen LogP contribution in [0.3, 0.4) is 0 Å². The number of anilines is 1. The Morgan fingerprint density at radius 1 is 1.22 bits per heavy atom. The fourth-order valence-corrected chi connectivity index (χ4v) is 3.89. The van der Waals surface area contributed by atoms with Gasteiger partial charge in [-0.2, -0.15) is 0 Å².